The van der Waals surface area contributed by atoms with Gasteiger partial charge in [-0.2, -0.15) is 0 Å². The van der Waals surface area contributed by atoms with E-state index in [2.05, 4.69) is 0 Å². The molecule has 0 aromatic heterocycles. The van der Waals surface area contributed by atoms with Gasteiger partial charge < -0.3 is 19.1 Å². The van der Waals surface area contributed by atoms with Crippen molar-refractivity contribution in [3.05, 3.63) is 53.6 Å². The predicted molar refractivity (Wildman–Crippen MR) is 88.3 cm³/mol. The molecule has 122 valence electrons. The molecule has 5 nitrogen and oxygen atoms in total. The first-order valence-corrected chi connectivity index (χ1v) is 7.21. The van der Waals surface area contributed by atoms with Crippen molar-refractivity contribution in [1.29, 1.82) is 0 Å². The first kappa shape index (κ1) is 16.7. The average Bonchev–Trinajstić information content (AvgIpc) is 2.59. The van der Waals surface area contributed by atoms with Crippen molar-refractivity contribution < 1.29 is 19.0 Å². The molecule has 0 aliphatic heterocycles. The maximum atomic E-state index is 12.1. The van der Waals surface area contributed by atoms with Crippen molar-refractivity contribution in [2.24, 2.45) is 0 Å². The van der Waals surface area contributed by atoms with Gasteiger partial charge in [-0.1, -0.05) is 30.3 Å². The molecule has 0 bridgehead atoms. The third kappa shape index (κ3) is 3.94. The fraction of sp³-hybridized carbons (Fsp3) is 0.278. The molecule has 0 aliphatic carbocycles. The van der Waals surface area contributed by atoms with E-state index in [0.29, 0.717) is 29.4 Å². The maximum Gasteiger partial charge on any atom is 0.253 e. The van der Waals surface area contributed by atoms with Crippen molar-refractivity contribution in [1.82, 2.24) is 4.90 Å². The Morgan fingerprint density at radius 1 is 1.00 bits per heavy atom. The minimum absolute atomic E-state index is 0.129. The zero-order valence-electron chi connectivity index (χ0n) is 13.8. The van der Waals surface area contributed by atoms with Crippen molar-refractivity contribution in [2.75, 3.05) is 28.3 Å². The molecule has 0 atom stereocenters. The second-order valence-corrected chi connectivity index (χ2v) is 5.18. The van der Waals surface area contributed by atoms with Crippen LogP contribution in [-0.2, 0) is 6.61 Å². The van der Waals surface area contributed by atoms with Crippen molar-refractivity contribution >= 4 is 5.91 Å². The molecule has 0 radical (unpaired) electrons. The lowest BCUT2D eigenvalue weighted by Crippen LogP contribution is -2.21. The van der Waals surface area contributed by atoms with Crippen LogP contribution in [0.15, 0.2) is 42.5 Å². The van der Waals surface area contributed by atoms with E-state index in [-0.39, 0.29) is 5.91 Å². The molecule has 0 spiro atoms. The standard InChI is InChI=1S/C18H21NO4/c1-19(2)18(20)14-10-15(21-3)17(16(11-14)22-4)23-12-13-8-6-5-7-9-13/h5-11H,12H2,1-4H3. The largest absolute Gasteiger partial charge is 0.493 e. The highest BCUT2D eigenvalue weighted by molar-refractivity contribution is 5.95. The topological polar surface area (TPSA) is 48.0 Å². The summed E-state index contributed by atoms with van der Waals surface area (Å²) >= 11 is 0. The Morgan fingerprint density at radius 2 is 1.57 bits per heavy atom. The number of carbonyl (C=O) groups excluding carboxylic acids is 1. The zero-order valence-corrected chi connectivity index (χ0v) is 13.8. The normalized spacial score (nSPS) is 10.1. The highest BCUT2D eigenvalue weighted by Crippen LogP contribution is 2.39. The number of carbonyl (C=O) groups is 1. The Labute approximate surface area is 136 Å². The SMILES string of the molecule is COc1cc(C(=O)N(C)C)cc(OC)c1OCc1ccccc1. The van der Waals surface area contributed by atoms with Crippen LogP contribution in [0.25, 0.3) is 0 Å². The lowest BCUT2D eigenvalue weighted by Gasteiger charge is -2.17. The van der Waals surface area contributed by atoms with Gasteiger partial charge in [-0.15, -0.1) is 0 Å². The minimum Gasteiger partial charge on any atom is -0.493 e. The van der Waals surface area contributed by atoms with Crippen LogP contribution >= 0.6 is 0 Å². The van der Waals surface area contributed by atoms with Gasteiger partial charge in [-0.3, -0.25) is 4.79 Å². The number of amides is 1. The van der Waals surface area contributed by atoms with Crippen LogP contribution in [0.5, 0.6) is 17.2 Å². The summed E-state index contributed by atoms with van der Waals surface area (Å²) in [6.45, 7) is 0.383. The van der Waals surface area contributed by atoms with E-state index in [9.17, 15) is 4.79 Å². The van der Waals surface area contributed by atoms with Gasteiger partial charge in [0.15, 0.2) is 11.5 Å². The average molecular weight is 315 g/mol. The maximum absolute atomic E-state index is 12.1. The molecule has 0 unspecified atom stereocenters. The number of hydrogen-bond donors (Lipinski definition) is 0. The van der Waals surface area contributed by atoms with E-state index in [4.69, 9.17) is 14.2 Å². The fourth-order valence-electron chi connectivity index (χ4n) is 2.13. The summed E-state index contributed by atoms with van der Waals surface area (Å²) in [5.41, 5.74) is 1.51. The van der Waals surface area contributed by atoms with E-state index >= 15 is 0 Å². The zero-order chi connectivity index (χ0) is 16.8. The van der Waals surface area contributed by atoms with Crippen LogP contribution < -0.4 is 14.2 Å². The number of rotatable bonds is 6. The molecule has 2 aromatic carbocycles. The fourth-order valence-corrected chi connectivity index (χ4v) is 2.13. The molecule has 5 heteroatoms. The number of nitrogens with zero attached hydrogens (tertiary/aromatic N) is 1. The summed E-state index contributed by atoms with van der Waals surface area (Å²) in [7, 11) is 6.46. The molecule has 23 heavy (non-hydrogen) atoms. The van der Waals surface area contributed by atoms with Crippen molar-refractivity contribution in [2.45, 2.75) is 6.61 Å². The first-order chi connectivity index (χ1) is 11.1. The smallest absolute Gasteiger partial charge is 0.253 e. The van der Waals surface area contributed by atoms with Crippen LogP contribution in [0.1, 0.15) is 15.9 Å². The van der Waals surface area contributed by atoms with Crippen LogP contribution in [0.3, 0.4) is 0 Å². The van der Waals surface area contributed by atoms with Crippen LogP contribution in [0, 0.1) is 0 Å². The second kappa shape index (κ2) is 7.54. The van der Waals surface area contributed by atoms with Gasteiger partial charge in [0.05, 0.1) is 14.2 Å². The number of hydrogen-bond acceptors (Lipinski definition) is 4. The van der Waals surface area contributed by atoms with E-state index < -0.39 is 0 Å². The molecule has 0 saturated carbocycles. The van der Waals surface area contributed by atoms with Crippen LogP contribution in [0.2, 0.25) is 0 Å². The Bertz CT molecular complexity index is 643. The summed E-state index contributed by atoms with van der Waals surface area (Å²) in [5, 5.41) is 0. The monoisotopic (exact) mass is 315 g/mol. The Hall–Kier alpha value is -2.69. The molecule has 1 amide bonds. The molecular formula is C18H21NO4. The van der Waals surface area contributed by atoms with Crippen LogP contribution in [0.4, 0.5) is 0 Å². The molecule has 0 fully saturated rings. The molecule has 2 rings (SSSR count). The first-order valence-electron chi connectivity index (χ1n) is 7.21. The van der Waals surface area contributed by atoms with Gasteiger partial charge in [0.1, 0.15) is 6.61 Å². The molecule has 2 aromatic rings. The minimum atomic E-state index is -0.129. The summed E-state index contributed by atoms with van der Waals surface area (Å²) in [5.74, 6) is 1.28. The molecule has 0 aliphatic rings. The number of methoxy groups -OCH3 is 2. The quantitative estimate of drug-likeness (QED) is 0.822. The van der Waals surface area contributed by atoms with Gasteiger partial charge in [0.2, 0.25) is 5.75 Å². The van der Waals surface area contributed by atoms with Gasteiger partial charge in [-0.05, 0) is 17.7 Å². The Kier molecular flexibility index (Phi) is 5.46. The predicted octanol–water partition coefficient (Wildman–Crippen LogP) is 2.98. The third-order valence-corrected chi connectivity index (χ3v) is 3.34. The lowest BCUT2D eigenvalue weighted by molar-refractivity contribution is 0.0826. The van der Waals surface area contributed by atoms with Gasteiger partial charge >= 0.3 is 0 Å². The summed E-state index contributed by atoms with van der Waals surface area (Å²) in [6.07, 6.45) is 0. The highest BCUT2D eigenvalue weighted by atomic mass is 16.5. The number of benzene rings is 2. The summed E-state index contributed by atoms with van der Waals surface area (Å²) in [4.78, 5) is 13.6. The summed E-state index contributed by atoms with van der Waals surface area (Å²) in [6, 6.07) is 13.1. The molecule has 0 N–H and O–H groups in total. The van der Waals surface area contributed by atoms with E-state index in [1.807, 2.05) is 30.3 Å². The highest BCUT2D eigenvalue weighted by Gasteiger charge is 2.18. The van der Waals surface area contributed by atoms with Crippen molar-refractivity contribution in [3.63, 3.8) is 0 Å². The Balaban J connectivity index is 2.32. The van der Waals surface area contributed by atoms with E-state index in [0.717, 1.165) is 5.56 Å². The van der Waals surface area contributed by atoms with E-state index in [1.165, 1.54) is 19.1 Å². The Morgan fingerprint density at radius 3 is 2.04 bits per heavy atom. The molecule has 0 saturated heterocycles. The second-order valence-electron chi connectivity index (χ2n) is 5.18. The van der Waals surface area contributed by atoms with Gasteiger partial charge in [0.25, 0.3) is 5.91 Å². The summed E-state index contributed by atoms with van der Waals surface area (Å²) < 4.78 is 16.6. The van der Waals surface area contributed by atoms with Crippen molar-refractivity contribution in [3.8, 4) is 17.2 Å². The lowest BCUT2D eigenvalue weighted by atomic mass is 10.1. The van der Waals surface area contributed by atoms with Gasteiger partial charge in [0, 0.05) is 19.7 Å². The molecular weight excluding hydrogens is 294 g/mol. The van der Waals surface area contributed by atoms with Gasteiger partial charge in [-0.25, -0.2) is 0 Å². The third-order valence-electron chi connectivity index (χ3n) is 3.34. The van der Waals surface area contributed by atoms with Crippen LogP contribution in [-0.4, -0.2) is 39.1 Å². The van der Waals surface area contributed by atoms with E-state index in [1.54, 1.807) is 26.2 Å². The number of ether oxygens (including phenoxy) is 3. The molecule has 0 heterocycles.